The molecule has 0 spiro atoms. The number of nitrogens with zero attached hydrogens (tertiary/aromatic N) is 1. The number of anilines is 2. The summed E-state index contributed by atoms with van der Waals surface area (Å²) in [6.07, 6.45) is 1.06. The van der Waals surface area contributed by atoms with Crippen LogP contribution in [0.15, 0.2) is 42.5 Å². The molecule has 0 aliphatic rings. The molecule has 0 heterocycles. The van der Waals surface area contributed by atoms with Gasteiger partial charge in [0.15, 0.2) is 0 Å². The second kappa shape index (κ2) is 9.73. The molecule has 0 radical (unpaired) electrons. The molecule has 0 atom stereocenters. The summed E-state index contributed by atoms with van der Waals surface area (Å²) >= 11 is 6.14. The molecule has 156 valence electrons. The fourth-order valence-corrected chi connectivity index (χ4v) is 3.12. The number of sulfonamides is 1. The van der Waals surface area contributed by atoms with Crippen molar-refractivity contribution in [2.24, 2.45) is 0 Å². The summed E-state index contributed by atoms with van der Waals surface area (Å²) in [5.41, 5.74) is 0.935. The minimum atomic E-state index is -3.50. The Bertz CT molecular complexity index is 1010. The fourth-order valence-electron chi connectivity index (χ4n) is 2.42. The van der Waals surface area contributed by atoms with Crippen LogP contribution in [0.2, 0.25) is 5.02 Å². The second-order valence-corrected chi connectivity index (χ2v) is 8.56. The zero-order valence-corrected chi connectivity index (χ0v) is 17.8. The minimum absolute atomic E-state index is 0.0780. The molecule has 2 rings (SSSR count). The lowest BCUT2D eigenvalue weighted by molar-refractivity contribution is 0.0938. The highest BCUT2D eigenvalue weighted by molar-refractivity contribution is 7.92. The number of carbonyl (C=O) groups excluding carboxylic acids is 2. The van der Waals surface area contributed by atoms with Gasteiger partial charge in [-0.15, -0.1) is 0 Å². The summed E-state index contributed by atoms with van der Waals surface area (Å²) in [4.78, 5) is 25.1. The van der Waals surface area contributed by atoms with Gasteiger partial charge in [-0.1, -0.05) is 23.7 Å². The fraction of sp³-hybridized carbons (Fsp3) is 0.263. The number of benzene rings is 2. The van der Waals surface area contributed by atoms with E-state index < -0.39 is 15.9 Å². The Morgan fingerprint density at radius 2 is 1.79 bits per heavy atom. The first-order chi connectivity index (χ1) is 13.6. The zero-order chi connectivity index (χ0) is 21.6. The average molecular weight is 440 g/mol. The molecule has 10 heteroatoms. The highest BCUT2D eigenvalue weighted by Crippen LogP contribution is 2.25. The highest BCUT2D eigenvalue weighted by atomic mass is 35.5. The molecule has 0 saturated carbocycles. The summed E-state index contributed by atoms with van der Waals surface area (Å²) in [5.74, 6) is -0.939. The van der Waals surface area contributed by atoms with Crippen LogP contribution in [-0.2, 0) is 14.8 Å². The molecule has 0 saturated heterocycles. The number of halogens is 1. The number of ether oxygens (including phenoxy) is 1. The van der Waals surface area contributed by atoms with Crippen LogP contribution in [0.4, 0.5) is 11.4 Å². The molecule has 2 aromatic carbocycles. The predicted molar refractivity (Wildman–Crippen MR) is 113 cm³/mol. The van der Waals surface area contributed by atoms with Crippen molar-refractivity contribution in [3.8, 4) is 0 Å². The zero-order valence-electron chi connectivity index (χ0n) is 16.2. The SMILES string of the molecule is COCCNC(=O)c1ccccc1NC(=O)c1cc(N(C)S(C)(=O)=O)ccc1Cl. The second-order valence-electron chi connectivity index (χ2n) is 6.14. The van der Waals surface area contributed by atoms with E-state index in [0.29, 0.717) is 18.8 Å². The van der Waals surface area contributed by atoms with Gasteiger partial charge in [0.1, 0.15) is 0 Å². The summed E-state index contributed by atoms with van der Waals surface area (Å²) in [6.45, 7) is 0.680. The molecule has 8 nitrogen and oxygen atoms in total. The number of methoxy groups -OCH3 is 1. The first-order valence-electron chi connectivity index (χ1n) is 8.56. The molecule has 2 N–H and O–H groups in total. The maximum absolute atomic E-state index is 12.8. The van der Waals surface area contributed by atoms with Crippen molar-refractivity contribution < 1.29 is 22.7 Å². The van der Waals surface area contributed by atoms with Crippen molar-refractivity contribution >= 4 is 44.8 Å². The summed E-state index contributed by atoms with van der Waals surface area (Å²) in [6, 6.07) is 10.8. The molecule has 2 amide bonds. The van der Waals surface area contributed by atoms with E-state index in [2.05, 4.69) is 10.6 Å². The molecular weight excluding hydrogens is 418 g/mol. The van der Waals surface area contributed by atoms with Crippen LogP contribution in [0.3, 0.4) is 0 Å². The number of para-hydroxylation sites is 1. The Morgan fingerprint density at radius 3 is 2.45 bits per heavy atom. The van der Waals surface area contributed by atoms with Gasteiger partial charge >= 0.3 is 0 Å². The van der Waals surface area contributed by atoms with Crippen molar-refractivity contribution in [3.05, 3.63) is 58.6 Å². The molecule has 29 heavy (non-hydrogen) atoms. The smallest absolute Gasteiger partial charge is 0.257 e. The van der Waals surface area contributed by atoms with Crippen LogP contribution in [0.5, 0.6) is 0 Å². The quantitative estimate of drug-likeness (QED) is 0.614. The molecule has 0 aliphatic carbocycles. The van der Waals surface area contributed by atoms with Crippen LogP contribution in [-0.4, -0.2) is 53.8 Å². The molecule has 0 bridgehead atoms. The third-order valence-electron chi connectivity index (χ3n) is 4.07. The Kier molecular flexibility index (Phi) is 7.60. The molecule has 0 aromatic heterocycles. The number of nitrogens with one attached hydrogen (secondary N) is 2. The lowest BCUT2D eigenvalue weighted by Crippen LogP contribution is -2.28. The maximum Gasteiger partial charge on any atom is 0.257 e. The van der Waals surface area contributed by atoms with Gasteiger partial charge in [-0.05, 0) is 30.3 Å². The van der Waals surface area contributed by atoms with Gasteiger partial charge in [0.25, 0.3) is 11.8 Å². The van der Waals surface area contributed by atoms with Gasteiger partial charge in [0, 0.05) is 20.7 Å². The largest absolute Gasteiger partial charge is 0.383 e. The van der Waals surface area contributed by atoms with Gasteiger partial charge in [-0.2, -0.15) is 0 Å². The first-order valence-corrected chi connectivity index (χ1v) is 10.8. The third kappa shape index (κ3) is 5.93. The molecule has 0 fully saturated rings. The monoisotopic (exact) mass is 439 g/mol. The third-order valence-corrected chi connectivity index (χ3v) is 5.60. The molecule has 0 unspecified atom stereocenters. The standard InChI is InChI=1S/C19H22ClN3O5S/c1-23(29(3,26)27)13-8-9-16(20)15(12-13)19(25)22-17-7-5-4-6-14(17)18(24)21-10-11-28-2/h4-9,12H,10-11H2,1-3H3,(H,21,24)(H,22,25). The first kappa shape index (κ1) is 22.7. The van der Waals surface area contributed by atoms with Crippen molar-refractivity contribution in [2.45, 2.75) is 0 Å². The minimum Gasteiger partial charge on any atom is -0.383 e. The van der Waals surface area contributed by atoms with Crippen LogP contribution >= 0.6 is 11.6 Å². The van der Waals surface area contributed by atoms with Crippen LogP contribution in [0.1, 0.15) is 20.7 Å². The Labute approximate surface area is 174 Å². The van der Waals surface area contributed by atoms with Gasteiger partial charge in [0.05, 0.1) is 40.4 Å². The molecule has 0 aliphatic heterocycles. The van der Waals surface area contributed by atoms with Crippen molar-refractivity contribution in [1.29, 1.82) is 0 Å². The van der Waals surface area contributed by atoms with Crippen molar-refractivity contribution in [2.75, 3.05) is 43.2 Å². The van der Waals surface area contributed by atoms with Crippen molar-refractivity contribution in [1.82, 2.24) is 5.32 Å². The molecule has 2 aromatic rings. The van der Waals surface area contributed by atoms with Crippen LogP contribution in [0.25, 0.3) is 0 Å². The number of hydrogen-bond acceptors (Lipinski definition) is 5. The normalized spacial score (nSPS) is 11.0. The maximum atomic E-state index is 12.8. The van der Waals surface area contributed by atoms with E-state index in [4.69, 9.17) is 16.3 Å². The van der Waals surface area contributed by atoms with Gasteiger partial charge in [0.2, 0.25) is 10.0 Å². The van der Waals surface area contributed by atoms with E-state index in [1.54, 1.807) is 24.3 Å². The molecular formula is C19H22ClN3O5S. The lowest BCUT2D eigenvalue weighted by Gasteiger charge is -2.18. The Morgan fingerprint density at radius 1 is 1.10 bits per heavy atom. The van der Waals surface area contributed by atoms with E-state index in [1.165, 1.54) is 32.4 Å². The van der Waals surface area contributed by atoms with Crippen LogP contribution < -0.4 is 14.9 Å². The van der Waals surface area contributed by atoms with E-state index in [1.807, 2.05) is 0 Å². The van der Waals surface area contributed by atoms with E-state index in [0.717, 1.165) is 10.6 Å². The highest BCUT2D eigenvalue weighted by Gasteiger charge is 2.19. The topological polar surface area (TPSA) is 105 Å². The predicted octanol–water partition coefficient (Wildman–Crippen LogP) is 2.36. The number of hydrogen-bond donors (Lipinski definition) is 2. The van der Waals surface area contributed by atoms with Gasteiger partial charge < -0.3 is 15.4 Å². The average Bonchev–Trinajstić information content (AvgIpc) is 2.67. The van der Waals surface area contributed by atoms with Crippen molar-refractivity contribution in [3.63, 3.8) is 0 Å². The van der Waals surface area contributed by atoms with E-state index >= 15 is 0 Å². The summed E-state index contributed by atoms with van der Waals surface area (Å²) in [7, 11) is -0.602. The number of carbonyl (C=O) groups is 2. The number of amides is 2. The summed E-state index contributed by atoms with van der Waals surface area (Å²) < 4.78 is 29.5. The van der Waals surface area contributed by atoms with E-state index in [-0.39, 0.29) is 27.7 Å². The lowest BCUT2D eigenvalue weighted by atomic mass is 10.1. The van der Waals surface area contributed by atoms with Crippen LogP contribution in [0, 0.1) is 0 Å². The van der Waals surface area contributed by atoms with Gasteiger partial charge in [-0.3, -0.25) is 13.9 Å². The van der Waals surface area contributed by atoms with Gasteiger partial charge in [-0.25, -0.2) is 8.42 Å². The Balaban J connectivity index is 2.28. The Hall–Kier alpha value is -2.62. The number of rotatable bonds is 8. The van der Waals surface area contributed by atoms with E-state index in [9.17, 15) is 18.0 Å². The summed E-state index contributed by atoms with van der Waals surface area (Å²) in [5, 5.41) is 5.50.